The Morgan fingerprint density at radius 2 is 2.33 bits per heavy atom. The van der Waals surface area contributed by atoms with Gasteiger partial charge in [0.25, 0.3) is 0 Å². The summed E-state index contributed by atoms with van der Waals surface area (Å²) >= 11 is 0. The van der Waals surface area contributed by atoms with Gasteiger partial charge in [-0.1, -0.05) is 0 Å². The molecule has 2 rings (SSSR count). The standard InChI is InChI=1S/C11H15N3O/c1-9-10(8-14(2)13-9)6-12-7-11-4-3-5-15-11/h3-5,8,12H,6-7H2,1-2H3. The molecule has 0 aliphatic heterocycles. The Bertz CT molecular complexity index is 417. The van der Waals surface area contributed by atoms with Crippen molar-refractivity contribution in [1.29, 1.82) is 0 Å². The lowest BCUT2D eigenvalue weighted by atomic mass is 10.2. The molecule has 0 saturated carbocycles. The quantitative estimate of drug-likeness (QED) is 0.824. The second-order valence-electron chi connectivity index (χ2n) is 3.60. The maximum Gasteiger partial charge on any atom is 0.117 e. The van der Waals surface area contributed by atoms with Crippen LogP contribution in [0.3, 0.4) is 0 Å². The van der Waals surface area contributed by atoms with Gasteiger partial charge in [0.15, 0.2) is 0 Å². The number of nitrogens with zero attached hydrogens (tertiary/aromatic N) is 2. The molecule has 0 aliphatic rings. The summed E-state index contributed by atoms with van der Waals surface area (Å²) in [5, 5.41) is 7.59. The number of hydrogen-bond acceptors (Lipinski definition) is 3. The fourth-order valence-electron chi connectivity index (χ4n) is 1.56. The zero-order valence-corrected chi connectivity index (χ0v) is 9.03. The highest BCUT2D eigenvalue weighted by atomic mass is 16.3. The van der Waals surface area contributed by atoms with E-state index in [2.05, 4.69) is 10.4 Å². The number of hydrogen-bond donors (Lipinski definition) is 1. The highest BCUT2D eigenvalue weighted by Gasteiger charge is 2.02. The molecule has 1 N–H and O–H groups in total. The summed E-state index contributed by atoms with van der Waals surface area (Å²) in [5.41, 5.74) is 2.30. The topological polar surface area (TPSA) is 43.0 Å². The van der Waals surface area contributed by atoms with E-state index in [1.807, 2.05) is 37.0 Å². The van der Waals surface area contributed by atoms with Crippen LogP contribution in [0.4, 0.5) is 0 Å². The van der Waals surface area contributed by atoms with Crippen LogP contribution in [0.25, 0.3) is 0 Å². The molecule has 0 bridgehead atoms. The van der Waals surface area contributed by atoms with Gasteiger partial charge in [0.05, 0.1) is 18.5 Å². The normalized spacial score (nSPS) is 10.8. The van der Waals surface area contributed by atoms with Gasteiger partial charge in [-0.3, -0.25) is 4.68 Å². The van der Waals surface area contributed by atoms with Crippen molar-refractivity contribution in [3.63, 3.8) is 0 Å². The SMILES string of the molecule is Cc1nn(C)cc1CNCc1ccco1. The minimum atomic E-state index is 0.751. The van der Waals surface area contributed by atoms with Gasteiger partial charge in [-0.15, -0.1) is 0 Å². The molecule has 0 unspecified atom stereocenters. The number of aryl methyl sites for hydroxylation is 2. The summed E-state index contributed by atoms with van der Waals surface area (Å²) in [6.07, 6.45) is 3.72. The van der Waals surface area contributed by atoms with E-state index in [4.69, 9.17) is 4.42 Å². The molecule has 80 valence electrons. The average Bonchev–Trinajstić information content (AvgIpc) is 2.77. The van der Waals surface area contributed by atoms with Crippen molar-refractivity contribution in [2.45, 2.75) is 20.0 Å². The summed E-state index contributed by atoms with van der Waals surface area (Å²) in [6, 6.07) is 3.86. The van der Waals surface area contributed by atoms with Crippen LogP contribution in [0.2, 0.25) is 0 Å². The molecule has 2 heterocycles. The zero-order valence-electron chi connectivity index (χ0n) is 9.03. The second-order valence-corrected chi connectivity index (χ2v) is 3.60. The first-order chi connectivity index (χ1) is 7.25. The molecule has 0 radical (unpaired) electrons. The number of aromatic nitrogens is 2. The van der Waals surface area contributed by atoms with Gasteiger partial charge in [0.2, 0.25) is 0 Å². The molecular formula is C11H15N3O. The third-order valence-corrected chi connectivity index (χ3v) is 2.31. The van der Waals surface area contributed by atoms with Crippen molar-refractivity contribution in [2.24, 2.45) is 7.05 Å². The monoisotopic (exact) mass is 205 g/mol. The Morgan fingerprint density at radius 3 is 2.93 bits per heavy atom. The third kappa shape index (κ3) is 2.47. The number of rotatable bonds is 4. The van der Waals surface area contributed by atoms with E-state index in [9.17, 15) is 0 Å². The molecule has 2 aromatic heterocycles. The number of furan rings is 1. The van der Waals surface area contributed by atoms with Crippen molar-refractivity contribution < 1.29 is 4.42 Å². The molecule has 2 aromatic rings. The molecule has 0 fully saturated rings. The van der Waals surface area contributed by atoms with Crippen molar-refractivity contribution in [3.8, 4) is 0 Å². The number of nitrogens with one attached hydrogen (secondary N) is 1. The molecule has 0 spiro atoms. The lowest BCUT2D eigenvalue weighted by molar-refractivity contribution is 0.483. The van der Waals surface area contributed by atoms with Gasteiger partial charge in [0.1, 0.15) is 5.76 Å². The molecule has 0 atom stereocenters. The summed E-state index contributed by atoms with van der Waals surface area (Å²) in [6.45, 7) is 3.59. The first kappa shape index (κ1) is 9.98. The summed E-state index contributed by atoms with van der Waals surface area (Å²) in [7, 11) is 1.93. The predicted octanol–water partition coefficient (Wildman–Crippen LogP) is 1.61. The van der Waals surface area contributed by atoms with E-state index in [1.165, 1.54) is 5.56 Å². The first-order valence-corrected chi connectivity index (χ1v) is 4.98. The van der Waals surface area contributed by atoms with Crippen LogP contribution in [-0.4, -0.2) is 9.78 Å². The lowest BCUT2D eigenvalue weighted by Gasteiger charge is -2.00. The van der Waals surface area contributed by atoms with Gasteiger partial charge in [-0.2, -0.15) is 5.10 Å². The Morgan fingerprint density at radius 1 is 1.47 bits per heavy atom. The van der Waals surface area contributed by atoms with E-state index in [1.54, 1.807) is 6.26 Å². The van der Waals surface area contributed by atoms with Gasteiger partial charge >= 0.3 is 0 Å². The Labute approximate surface area is 88.9 Å². The van der Waals surface area contributed by atoms with Gasteiger partial charge in [-0.25, -0.2) is 0 Å². The van der Waals surface area contributed by atoms with Crippen LogP contribution in [0.1, 0.15) is 17.0 Å². The maximum absolute atomic E-state index is 5.22. The highest BCUT2D eigenvalue weighted by Crippen LogP contribution is 2.05. The summed E-state index contributed by atoms with van der Waals surface area (Å²) in [5.74, 6) is 0.955. The van der Waals surface area contributed by atoms with Gasteiger partial charge in [-0.05, 0) is 19.1 Å². The van der Waals surface area contributed by atoms with Crippen LogP contribution < -0.4 is 5.32 Å². The Balaban J connectivity index is 1.86. The smallest absolute Gasteiger partial charge is 0.117 e. The van der Waals surface area contributed by atoms with Crippen molar-refractivity contribution in [3.05, 3.63) is 41.6 Å². The highest BCUT2D eigenvalue weighted by molar-refractivity contribution is 5.14. The van der Waals surface area contributed by atoms with Crippen molar-refractivity contribution >= 4 is 0 Å². The summed E-state index contributed by atoms with van der Waals surface area (Å²) < 4.78 is 7.06. The molecule has 0 aliphatic carbocycles. The van der Waals surface area contributed by atoms with E-state index in [0.717, 1.165) is 24.5 Å². The largest absolute Gasteiger partial charge is 0.468 e. The predicted molar refractivity (Wildman–Crippen MR) is 57.2 cm³/mol. The third-order valence-electron chi connectivity index (χ3n) is 2.31. The second kappa shape index (κ2) is 4.31. The molecule has 4 nitrogen and oxygen atoms in total. The van der Waals surface area contributed by atoms with E-state index in [0.29, 0.717) is 0 Å². The molecule has 4 heteroatoms. The molecule has 0 saturated heterocycles. The van der Waals surface area contributed by atoms with Crippen LogP contribution >= 0.6 is 0 Å². The molecule has 15 heavy (non-hydrogen) atoms. The molecule has 0 amide bonds. The fraction of sp³-hybridized carbons (Fsp3) is 0.364. The Kier molecular flexibility index (Phi) is 2.87. The summed E-state index contributed by atoms with van der Waals surface area (Å²) in [4.78, 5) is 0. The van der Waals surface area contributed by atoms with Crippen LogP contribution in [0, 0.1) is 6.92 Å². The maximum atomic E-state index is 5.22. The van der Waals surface area contributed by atoms with E-state index in [-0.39, 0.29) is 0 Å². The van der Waals surface area contributed by atoms with E-state index >= 15 is 0 Å². The van der Waals surface area contributed by atoms with Crippen LogP contribution in [0.5, 0.6) is 0 Å². The molecular weight excluding hydrogens is 190 g/mol. The average molecular weight is 205 g/mol. The minimum Gasteiger partial charge on any atom is -0.468 e. The fourth-order valence-corrected chi connectivity index (χ4v) is 1.56. The zero-order chi connectivity index (χ0) is 10.7. The first-order valence-electron chi connectivity index (χ1n) is 4.98. The molecule has 0 aromatic carbocycles. The minimum absolute atomic E-state index is 0.751. The van der Waals surface area contributed by atoms with E-state index < -0.39 is 0 Å². The van der Waals surface area contributed by atoms with Crippen LogP contribution in [0.15, 0.2) is 29.0 Å². The lowest BCUT2D eigenvalue weighted by Crippen LogP contribution is -2.12. The van der Waals surface area contributed by atoms with Crippen molar-refractivity contribution in [2.75, 3.05) is 0 Å². The van der Waals surface area contributed by atoms with Crippen molar-refractivity contribution in [1.82, 2.24) is 15.1 Å². The van der Waals surface area contributed by atoms with Gasteiger partial charge < -0.3 is 9.73 Å². The Hall–Kier alpha value is -1.55. The van der Waals surface area contributed by atoms with Gasteiger partial charge in [0, 0.05) is 25.4 Å². The van der Waals surface area contributed by atoms with Crippen LogP contribution in [-0.2, 0) is 20.1 Å².